The number of carbonyl (C=O) groups excluding carboxylic acids is 3. The first-order chi connectivity index (χ1) is 23.8. The summed E-state index contributed by atoms with van der Waals surface area (Å²) in [6.45, 7) is 3.94. The van der Waals surface area contributed by atoms with Crippen molar-refractivity contribution in [2.24, 2.45) is 0 Å². The third-order valence-corrected chi connectivity index (χ3v) is 9.62. The number of thiazole rings is 1. The topological polar surface area (TPSA) is 119 Å². The minimum Gasteiger partial charge on any atom is -0.497 e. The van der Waals surface area contributed by atoms with Crippen LogP contribution in [0.3, 0.4) is 0 Å². The Kier molecular flexibility index (Phi) is 11.9. The highest BCUT2D eigenvalue weighted by Crippen LogP contribution is 2.33. The zero-order valence-electron chi connectivity index (χ0n) is 27.5. The summed E-state index contributed by atoms with van der Waals surface area (Å²) in [6.07, 6.45) is 2.12. The van der Waals surface area contributed by atoms with Crippen molar-refractivity contribution in [2.45, 2.75) is 30.4 Å². The number of benzene rings is 4. The summed E-state index contributed by atoms with van der Waals surface area (Å²) < 4.78 is 10.8. The number of rotatable bonds is 13. The van der Waals surface area contributed by atoms with Gasteiger partial charge in [-0.15, -0.1) is 23.1 Å². The first-order valence-electron chi connectivity index (χ1n) is 15.5. The molecular formula is C38H36N4O5S2. The first kappa shape index (κ1) is 34.9. The molecule has 5 rings (SSSR count). The fourth-order valence-electron chi connectivity index (χ4n) is 4.87. The molecule has 11 heteroatoms. The van der Waals surface area contributed by atoms with Crippen molar-refractivity contribution in [1.29, 1.82) is 0 Å². The predicted octanol–water partition coefficient (Wildman–Crippen LogP) is 8.05. The first-order valence-corrected chi connectivity index (χ1v) is 17.2. The quantitative estimate of drug-likeness (QED) is 0.0844. The monoisotopic (exact) mass is 692 g/mol. The van der Waals surface area contributed by atoms with Crippen LogP contribution in [0.1, 0.15) is 34.1 Å². The Morgan fingerprint density at radius 2 is 1.61 bits per heavy atom. The third kappa shape index (κ3) is 9.16. The molecule has 0 aliphatic carbocycles. The smallest absolute Gasteiger partial charge is 0.272 e. The van der Waals surface area contributed by atoms with Crippen molar-refractivity contribution in [3.63, 3.8) is 0 Å². The number of nitrogens with one attached hydrogen (secondary N) is 3. The van der Waals surface area contributed by atoms with E-state index in [0.717, 1.165) is 21.0 Å². The summed E-state index contributed by atoms with van der Waals surface area (Å²) in [6, 6.07) is 30.9. The molecule has 1 heterocycles. The maximum Gasteiger partial charge on any atom is 0.272 e. The average molecular weight is 693 g/mol. The van der Waals surface area contributed by atoms with Gasteiger partial charge in [-0.25, -0.2) is 4.98 Å². The molecule has 5 aromatic rings. The van der Waals surface area contributed by atoms with Gasteiger partial charge in [-0.1, -0.05) is 61.5 Å². The molecule has 0 spiro atoms. The van der Waals surface area contributed by atoms with Crippen molar-refractivity contribution in [1.82, 2.24) is 10.3 Å². The molecule has 3 amide bonds. The number of anilines is 2. The maximum atomic E-state index is 13.7. The van der Waals surface area contributed by atoms with Gasteiger partial charge in [-0.05, 0) is 61.9 Å². The molecule has 1 atom stereocenters. The lowest BCUT2D eigenvalue weighted by Crippen LogP contribution is -2.30. The molecule has 0 bridgehead atoms. The highest BCUT2D eigenvalue weighted by atomic mass is 32.2. The van der Waals surface area contributed by atoms with Crippen LogP contribution in [0, 0.1) is 6.92 Å². The van der Waals surface area contributed by atoms with E-state index in [4.69, 9.17) is 9.47 Å². The summed E-state index contributed by atoms with van der Waals surface area (Å²) in [4.78, 5) is 46.7. The molecule has 0 saturated heterocycles. The minimum absolute atomic E-state index is 0.00908. The highest BCUT2D eigenvalue weighted by molar-refractivity contribution is 8.00. The number of hydrogen-bond acceptors (Lipinski definition) is 8. The minimum atomic E-state index is -0.539. The zero-order valence-corrected chi connectivity index (χ0v) is 29.1. The Hall–Kier alpha value is -5.39. The largest absolute Gasteiger partial charge is 0.497 e. The SMILES string of the molecule is CCC(Sc1cccc(NC(=O)/C(=C\c2ccc(OC)cc2OC)NC(=O)c2ccccc2)c1)C(=O)Nc1nc(-c2ccccc2)c(C)s1. The van der Waals surface area contributed by atoms with Crippen molar-refractivity contribution in [3.8, 4) is 22.8 Å². The lowest BCUT2D eigenvalue weighted by molar-refractivity contribution is -0.116. The molecule has 1 aromatic heterocycles. The second-order valence-electron chi connectivity index (χ2n) is 10.8. The second kappa shape index (κ2) is 16.6. The fourth-order valence-corrected chi connectivity index (χ4v) is 6.72. The van der Waals surface area contributed by atoms with E-state index in [1.807, 2.05) is 56.3 Å². The molecule has 1 unspecified atom stereocenters. The lowest BCUT2D eigenvalue weighted by Gasteiger charge is -2.15. The highest BCUT2D eigenvalue weighted by Gasteiger charge is 2.21. The van der Waals surface area contributed by atoms with E-state index in [9.17, 15) is 14.4 Å². The molecule has 0 radical (unpaired) electrons. The predicted molar refractivity (Wildman–Crippen MR) is 197 cm³/mol. The van der Waals surface area contributed by atoms with Crippen molar-refractivity contribution >= 4 is 57.7 Å². The molecular weight excluding hydrogens is 657 g/mol. The summed E-state index contributed by atoms with van der Waals surface area (Å²) >= 11 is 2.83. The van der Waals surface area contributed by atoms with E-state index in [-0.39, 0.29) is 11.6 Å². The van der Waals surface area contributed by atoms with Crippen LogP contribution in [-0.4, -0.2) is 42.2 Å². The van der Waals surface area contributed by atoms with E-state index >= 15 is 0 Å². The second-order valence-corrected chi connectivity index (χ2v) is 13.2. The summed E-state index contributed by atoms with van der Waals surface area (Å²) in [7, 11) is 3.07. The molecule has 0 aliphatic heterocycles. The van der Waals surface area contributed by atoms with Crippen molar-refractivity contribution < 1.29 is 23.9 Å². The van der Waals surface area contributed by atoms with Gasteiger partial charge in [0.25, 0.3) is 11.8 Å². The Labute approximate surface area is 293 Å². The van der Waals surface area contributed by atoms with Crippen molar-refractivity contribution in [2.75, 3.05) is 24.9 Å². The van der Waals surface area contributed by atoms with E-state index < -0.39 is 17.1 Å². The number of amides is 3. The summed E-state index contributed by atoms with van der Waals surface area (Å²) in [5.74, 6) is -0.0904. The lowest BCUT2D eigenvalue weighted by atomic mass is 10.1. The van der Waals surface area contributed by atoms with Crippen LogP contribution in [0.4, 0.5) is 10.8 Å². The van der Waals surface area contributed by atoms with Crippen LogP contribution in [0.2, 0.25) is 0 Å². The van der Waals surface area contributed by atoms with Crippen LogP contribution in [0.25, 0.3) is 17.3 Å². The van der Waals surface area contributed by atoms with Gasteiger partial charge in [0.05, 0.1) is 25.2 Å². The summed E-state index contributed by atoms with van der Waals surface area (Å²) in [5.41, 5.74) is 3.31. The normalized spacial score (nSPS) is 11.7. The van der Waals surface area contributed by atoms with Crippen molar-refractivity contribution in [3.05, 3.63) is 125 Å². The van der Waals surface area contributed by atoms with Gasteiger partial charge in [0.2, 0.25) is 5.91 Å². The molecule has 3 N–H and O–H groups in total. The van der Waals surface area contributed by atoms with Crippen LogP contribution in [-0.2, 0) is 9.59 Å². The van der Waals surface area contributed by atoms with Crippen LogP contribution < -0.4 is 25.4 Å². The average Bonchev–Trinajstić information content (AvgIpc) is 3.50. The van der Waals surface area contributed by atoms with E-state index in [0.29, 0.717) is 39.9 Å². The third-order valence-electron chi connectivity index (χ3n) is 7.38. The number of methoxy groups -OCH3 is 2. The molecule has 0 aliphatic rings. The number of ether oxygens (including phenoxy) is 2. The molecule has 9 nitrogen and oxygen atoms in total. The van der Waals surface area contributed by atoms with Crippen LogP contribution in [0.15, 0.2) is 114 Å². The number of aromatic nitrogens is 1. The van der Waals surface area contributed by atoms with Gasteiger partial charge in [0.1, 0.15) is 17.2 Å². The van der Waals surface area contributed by atoms with E-state index in [1.165, 1.54) is 30.2 Å². The standard InChI is InChI=1S/C38H36N4O5S2/c1-5-33(37(45)42-38-41-34(24(2)48-38)25-13-8-6-9-14-25)49-30-18-12-17-28(22-30)39-36(44)31(40-35(43)26-15-10-7-11-16-26)21-27-19-20-29(46-3)23-32(27)47-4/h6-23,33H,5H2,1-4H3,(H,39,44)(H,40,43)(H,41,42,45)/b31-21+. The number of nitrogens with zero attached hydrogens (tertiary/aromatic N) is 1. The Bertz CT molecular complexity index is 1960. The van der Waals surface area contributed by atoms with Gasteiger partial charge >= 0.3 is 0 Å². The molecule has 0 fully saturated rings. The molecule has 4 aromatic carbocycles. The number of carbonyl (C=O) groups is 3. The summed E-state index contributed by atoms with van der Waals surface area (Å²) in [5, 5.41) is 8.78. The van der Waals surface area contributed by atoms with Gasteiger partial charge < -0.3 is 25.4 Å². The van der Waals surface area contributed by atoms with Gasteiger partial charge in [-0.2, -0.15) is 0 Å². The van der Waals surface area contributed by atoms with Gasteiger partial charge in [0.15, 0.2) is 5.13 Å². The molecule has 49 heavy (non-hydrogen) atoms. The number of aryl methyl sites for hydroxylation is 1. The Balaban J connectivity index is 1.32. The van der Waals surface area contributed by atoms with E-state index in [2.05, 4.69) is 20.9 Å². The molecule has 0 saturated carbocycles. The Morgan fingerprint density at radius 3 is 2.31 bits per heavy atom. The fraction of sp³-hybridized carbons (Fsp3) is 0.158. The van der Waals surface area contributed by atoms with E-state index in [1.54, 1.807) is 73.8 Å². The van der Waals surface area contributed by atoms with Gasteiger partial charge in [-0.3, -0.25) is 14.4 Å². The maximum absolute atomic E-state index is 13.7. The number of thioether (sulfide) groups is 1. The zero-order chi connectivity index (χ0) is 34.8. The number of hydrogen-bond donors (Lipinski definition) is 3. The van der Waals surface area contributed by atoms with Crippen LogP contribution in [0.5, 0.6) is 11.5 Å². The Morgan fingerprint density at radius 1 is 0.878 bits per heavy atom. The molecule has 250 valence electrons. The van der Waals surface area contributed by atoms with Crippen LogP contribution >= 0.6 is 23.1 Å². The van der Waals surface area contributed by atoms with Gasteiger partial charge in [0, 0.05) is 38.2 Å².